The third kappa shape index (κ3) is 3.98. The van der Waals surface area contributed by atoms with E-state index in [2.05, 4.69) is 9.88 Å². The highest BCUT2D eigenvalue weighted by Crippen LogP contribution is 2.30. The fraction of sp³-hybridized carbons (Fsp3) is 0.700. The standard InChI is InChI=1S/C20H29N5O2/c1-15(26)24-11-7-17-16(13-24)12-21-20(22-17)18-6-5-10-25(18)14-19(27)23-8-3-2-4-9-23/h12,18H,2-11,13-14H2,1H3. The van der Waals surface area contributed by atoms with Crippen LogP contribution >= 0.6 is 0 Å². The average molecular weight is 371 g/mol. The van der Waals surface area contributed by atoms with E-state index in [-0.39, 0.29) is 17.9 Å². The van der Waals surface area contributed by atoms with Gasteiger partial charge in [-0.25, -0.2) is 9.97 Å². The Morgan fingerprint density at radius 1 is 1.07 bits per heavy atom. The van der Waals surface area contributed by atoms with E-state index >= 15 is 0 Å². The Bertz CT molecular complexity index is 716. The van der Waals surface area contributed by atoms with Gasteiger partial charge in [-0.3, -0.25) is 14.5 Å². The van der Waals surface area contributed by atoms with Crippen molar-refractivity contribution in [3.8, 4) is 0 Å². The lowest BCUT2D eigenvalue weighted by Gasteiger charge is -2.31. The molecule has 0 radical (unpaired) electrons. The maximum atomic E-state index is 12.7. The molecule has 7 heteroatoms. The molecule has 0 aromatic carbocycles. The second-order valence-electron chi connectivity index (χ2n) is 7.96. The molecule has 2 saturated heterocycles. The zero-order valence-electron chi connectivity index (χ0n) is 16.2. The number of rotatable bonds is 3. The van der Waals surface area contributed by atoms with E-state index in [4.69, 9.17) is 4.98 Å². The highest BCUT2D eigenvalue weighted by Gasteiger charge is 2.32. The van der Waals surface area contributed by atoms with Gasteiger partial charge >= 0.3 is 0 Å². The van der Waals surface area contributed by atoms with Gasteiger partial charge in [0, 0.05) is 51.3 Å². The molecule has 2 fully saturated rings. The fourth-order valence-corrected chi connectivity index (χ4v) is 4.49. The van der Waals surface area contributed by atoms with Crippen LogP contribution in [0.1, 0.15) is 62.2 Å². The number of carbonyl (C=O) groups is 2. The van der Waals surface area contributed by atoms with Crippen molar-refractivity contribution in [2.45, 2.75) is 58.0 Å². The normalized spacial score (nSPS) is 23.4. The van der Waals surface area contributed by atoms with E-state index in [0.29, 0.717) is 13.1 Å². The summed E-state index contributed by atoms with van der Waals surface area (Å²) in [5.74, 6) is 1.19. The molecule has 3 aliphatic rings. The molecule has 4 rings (SSSR count). The number of hydrogen-bond donors (Lipinski definition) is 0. The topological polar surface area (TPSA) is 69.6 Å². The van der Waals surface area contributed by atoms with Crippen molar-refractivity contribution in [2.24, 2.45) is 0 Å². The maximum Gasteiger partial charge on any atom is 0.236 e. The van der Waals surface area contributed by atoms with Crippen molar-refractivity contribution in [3.63, 3.8) is 0 Å². The van der Waals surface area contributed by atoms with Crippen LogP contribution in [0.4, 0.5) is 0 Å². The van der Waals surface area contributed by atoms with Crippen molar-refractivity contribution in [1.82, 2.24) is 24.7 Å². The van der Waals surface area contributed by atoms with Crippen molar-refractivity contribution in [3.05, 3.63) is 23.3 Å². The molecule has 0 aliphatic carbocycles. The lowest BCUT2D eigenvalue weighted by molar-refractivity contribution is -0.133. The summed E-state index contributed by atoms with van der Waals surface area (Å²) < 4.78 is 0. The number of aromatic nitrogens is 2. The predicted molar refractivity (Wildman–Crippen MR) is 101 cm³/mol. The first-order valence-corrected chi connectivity index (χ1v) is 10.2. The molecule has 0 N–H and O–H groups in total. The summed E-state index contributed by atoms with van der Waals surface area (Å²) in [5, 5.41) is 0. The predicted octanol–water partition coefficient (Wildman–Crippen LogP) is 1.53. The minimum Gasteiger partial charge on any atom is -0.342 e. The first-order chi connectivity index (χ1) is 13.1. The number of piperidine rings is 1. The van der Waals surface area contributed by atoms with Gasteiger partial charge in [0.1, 0.15) is 5.82 Å². The van der Waals surface area contributed by atoms with E-state index in [9.17, 15) is 9.59 Å². The number of fused-ring (bicyclic) bond motifs is 1. The summed E-state index contributed by atoms with van der Waals surface area (Å²) in [5.41, 5.74) is 2.11. The highest BCUT2D eigenvalue weighted by molar-refractivity contribution is 5.78. The minimum absolute atomic E-state index is 0.0999. The molecule has 1 atom stereocenters. The molecule has 0 saturated carbocycles. The molecule has 3 aliphatic heterocycles. The molecule has 0 bridgehead atoms. The average Bonchev–Trinajstić information content (AvgIpc) is 3.15. The fourth-order valence-electron chi connectivity index (χ4n) is 4.49. The summed E-state index contributed by atoms with van der Waals surface area (Å²) in [7, 11) is 0. The van der Waals surface area contributed by atoms with E-state index in [1.807, 2.05) is 16.0 Å². The van der Waals surface area contributed by atoms with Crippen LogP contribution in [-0.4, -0.2) is 69.2 Å². The molecule has 146 valence electrons. The Morgan fingerprint density at radius 3 is 2.67 bits per heavy atom. The zero-order chi connectivity index (χ0) is 18.8. The summed E-state index contributed by atoms with van der Waals surface area (Å²) in [4.78, 5) is 39.8. The number of likely N-dealkylation sites (tertiary alicyclic amines) is 2. The summed E-state index contributed by atoms with van der Waals surface area (Å²) >= 11 is 0. The number of amides is 2. The second kappa shape index (κ2) is 7.92. The first-order valence-electron chi connectivity index (χ1n) is 10.2. The molecule has 27 heavy (non-hydrogen) atoms. The summed E-state index contributed by atoms with van der Waals surface area (Å²) in [6.45, 7) is 6.15. The van der Waals surface area contributed by atoms with Gasteiger partial charge in [-0.2, -0.15) is 0 Å². The minimum atomic E-state index is 0.0999. The monoisotopic (exact) mass is 371 g/mol. The van der Waals surface area contributed by atoms with Gasteiger partial charge in [-0.15, -0.1) is 0 Å². The third-order valence-corrected chi connectivity index (χ3v) is 6.11. The smallest absolute Gasteiger partial charge is 0.236 e. The first kappa shape index (κ1) is 18.3. The van der Waals surface area contributed by atoms with Crippen LogP contribution < -0.4 is 0 Å². The quantitative estimate of drug-likeness (QED) is 0.806. The van der Waals surface area contributed by atoms with E-state index in [0.717, 1.165) is 75.4 Å². The third-order valence-electron chi connectivity index (χ3n) is 6.11. The summed E-state index contributed by atoms with van der Waals surface area (Å²) in [6.07, 6.45) is 8.24. The Morgan fingerprint density at radius 2 is 1.89 bits per heavy atom. The molecule has 1 unspecified atom stereocenters. The number of carbonyl (C=O) groups excluding carboxylic acids is 2. The molecular formula is C20H29N5O2. The maximum absolute atomic E-state index is 12.7. The van der Waals surface area contributed by atoms with Gasteiger partial charge in [0.15, 0.2) is 0 Å². The molecule has 0 spiro atoms. The molecule has 1 aromatic heterocycles. The lowest BCUT2D eigenvalue weighted by atomic mass is 10.1. The van der Waals surface area contributed by atoms with Crippen LogP contribution in [0.15, 0.2) is 6.20 Å². The number of nitrogens with zero attached hydrogens (tertiary/aromatic N) is 5. The van der Waals surface area contributed by atoms with Crippen LogP contribution in [-0.2, 0) is 22.6 Å². The SMILES string of the molecule is CC(=O)N1CCc2nc(C3CCCN3CC(=O)N3CCCCC3)ncc2C1. The van der Waals surface area contributed by atoms with Crippen LogP contribution in [0.25, 0.3) is 0 Å². The summed E-state index contributed by atoms with van der Waals surface area (Å²) in [6, 6.07) is 0.134. The largest absolute Gasteiger partial charge is 0.342 e. The van der Waals surface area contributed by atoms with Crippen LogP contribution in [0, 0.1) is 0 Å². The van der Waals surface area contributed by atoms with Crippen LogP contribution in [0.2, 0.25) is 0 Å². The van der Waals surface area contributed by atoms with Gasteiger partial charge in [0.25, 0.3) is 0 Å². The molecule has 7 nitrogen and oxygen atoms in total. The van der Waals surface area contributed by atoms with Crippen molar-refractivity contribution < 1.29 is 9.59 Å². The number of hydrogen-bond acceptors (Lipinski definition) is 5. The van der Waals surface area contributed by atoms with E-state index in [1.54, 1.807) is 6.92 Å². The Kier molecular flexibility index (Phi) is 5.38. The van der Waals surface area contributed by atoms with Gasteiger partial charge in [-0.1, -0.05) is 0 Å². The Balaban J connectivity index is 1.44. The Hall–Kier alpha value is -2.02. The van der Waals surface area contributed by atoms with Crippen LogP contribution in [0.3, 0.4) is 0 Å². The molecule has 2 amide bonds. The van der Waals surface area contributed by atoms with E-state index < -0.39 is 0 Å². The Labute approximate surface area is 160 Å². The second-order valence-corrected chi connectivity index (χ2v) is 7.96. The highest BCUT2D eigenvalue weighted by atomic mass is 16.2. The van der Waals surface area contributed by atoms with Crippen molar-refractivity contribution in [1.29, 1.82) is 0 Å². The van der Waals surface area contributed by atoms with Gasteiger partial charge < -0.3 is 9.80 Å². The van der Waals surface area contributed by atoms with E-state index in [1.165, 1.54) is 6.42 Å². The molecule has 1 aromatic rings. The van der Waals surface area contributed by atoms with Crippen molar-refractivity contribution in [2.75, 3.05) is 32.7 Å². The molecular weight excluding hydrogens is 342 g/mol. The van der Waals surface area contributed by atoms with Gasteiger partial charge in [0.2, 0.25) is 11.8 Å². The van der Waals surface area contributed by atoms with Crippen molar-refractivity contribution >= 4 is 11.8 Å². The van der Waals surface area contributed by atoms with Gasteiger partial charge in [0.05, 0.1) is 18.3 Å². The van der Waals surface area contributed by atoms with Crippen LogP contribution in [0.5, 0.6) is 0 Å². The van der Waals surface area contributed by atoms with Gasteiger partial charge in [-0.05, 0) is 38.6 Å². The zero-order valence-corrected chi connectivity index (χ0v) is 16.2. The lowest BCUT2D eigenvalue weighted by Crippen LogP contribution is -2.42. The molecule has 4 heterocycles.